The zero-order valence-corrected chi connectivity index (χ0v) is 13.3. The van der Waals surface area contributed by atoms with Crippen LogP contribution in [0.15, 0.2) is 23.1 Å². The molecule has 1 saturated carbocycles. The van der Waals surface area contributed by atoms with Crippen LogP contribution in [-0.4, -0.2) is 26.7 Å². The maximum Gasteiger partial charge on any atom is 0.244 e. The molecule has 0 heterocycles. The molecular weight excluding hydrogens is 290 g/mol. The van der Waals surface area contributed by atoms with Gasteiger partial charge in [-0.2, -0.15) is 0 Å². The Morgan fingerprint density at radius 3 is 2.52 bits per heavy atom. The summed E-state index contributed by atoms with van der Waals surface area (Å²) in [6, 6.07) is 4.67. The fourth-order valence-electron chi connectivity index (χ4n) is 2.69. The Hall–Kier alpha value is -1.11. The summed E-state index contributed by atoms with van der Waals surface area (Å²) in [5.41, 5.74) is 0.549. The van der Waals surface area contributed by atoms with Crippen molar-refractivity contribution >= 4 is 10.0 Å². The van der Waals surface area contributed by atoms with E-state index in [-0.39, 0.29) is 17.5 Å². The van der Waals surface area contributed by atoms with Crippen LogP contribution in [0.4, 0.5) is 0 Å². The standard InChI is InChI=1S/C15H23NO4S/c1-11-3-6-13(7-4-11)16-21(18,19)15-9-12(10-17)5-8-14(15)20-2/h5,8-9,11,13,16-17H,3-4,6-7,10H2,1-2H3. The van der Waals surface area contributed by atoms with E-state index in [2.05, 4.69) is 11.6 Å². The molecule has 0 aromatic heterocycles. The maximum atomic E-state index is 12.6. The second-order valence-electron chi connectivity index (χ2n) is 5.72. The van der Waals surface area contributed by atoms with E-state index in [4.69, 9.17) is 4.74 Å². The highest BCUT2D eigenvalue weighted by molar-refractivity contribution is 7.89. The third kappa shape index (κ3) is 3.96. The molecule has 6 heteroatoms. The van der Waals surface area contributed by atoms with Crippen LogP contribution >= 0.6 is 0 Å². The quantitative estimate of drug-likeness (QED) is 0.872. The lowest BCUT2D eigenvalue weighted by Crippen LogP contribution is -2.37. The normalized spacial score (nSPS) is 23.0. The van der Waals surface area contributed by atoms with Gasteiger partial charge in [-0.1, -0.05) is 13.0 Å². The highest BCUT2D eigenvalue weighted by atomic mass is 32.2. The molecule has 1 aliphatic rings. The first kappa shape index (κ1) is 16.3. The van der Waals surface area contributed by atoms with Gasteiger partial charge >= 0.3 is 0 Å². The molecule has 1 aliphatic carbocycles. The Morgan fingerprint density at radius 2 is 1.95 bits per heavy atom. The molecule has 0 atom stereocenters. The lowest BCUT2D eigenvalue weighted by Gasteiger charge is -2.27. The summed E-state index contributed by atoms with van der Waals surface area (Å²) in [6.45, 7) is 1.99. The predicted molar refractivity (Wildman–Crippen MR) is 80.7 cm³/mol. The number of methoxy groups -OCH3 is 1. The third-order valence-corrected chi connectivity index (χ3v) is 5.58. The monoisotopic (exact) mass is 313 g/mol. The number of benzene rings is 1. The largest absolute Gasteiger partial charge is 0.495 e. The van der Waals surface area contributed by atoms with Gasteiger partial charge in [0.2, 0.25) is 10.0 Å². The first-order valence-electron chi connectivity index (χ1n) is 7.26. The number of ether oxygens (including phenoxy) is 1. The molecule has 0 bridgehead atoms. The summed E-state index contributed by atoms with van der Waals surface area (Å²) in [5, 5.41) is 9.19. The van der Waals surface area contributed by atoms with Crippen LogP contribution in [0.2, 0.25) is 0 Å². The van der Waals surface area contributed by atoms with E-state index in [0.717, 1.165) is 25.7 Å². The van der Waals surface area contributed by atoms with Gasteiger partial charge in [0.15, 0.2) is 0 Å². The lowest BCUT2D eigenvalue weighted by molar-refractivity contribution is 0.281. The number of sulfonamides is 1. The van der Waals surface area contributed by atoms with Crippen LogP contribution in [0, 0.1) is 5.92 Å². The average Bonchev–Trinajstić information content (AvgIpc) is 2.48. The van der Waals surface area contributed by atoms with E-state index in [1.807, 2.05) is 0 Å². The summed E-state index contributed by atoms with van der Waals surface area (Å²) < 4.78 is 33.0. The summed E-state index contributed by atoms with van der Waals surface area (Å²) in [6.07, 6.45) is 3.81. The Kier molecular flexibility index (Phi) is 5.24. The summed E-state index contributed by atoms with van der Waals surface area (Å²) in [4.78, 5) is 0.0928. The van der Waals surface area contributed by atoms with Gasteiger partial charge in [0.1, 0.15) is 10.6 Å². The zero-order chi connectivity index (χ0) is 15.5. The van der Waals surface area contributed by atoms with Crippen LogP contribution in [0.3, 0.4) is 0 Å². The molecule has 0 unspecified atom stereocenters. The van der Waals surface area contributed by atoms with Crippen LogP contribution in [0.5, 0.6) is 5.75 Å². The smallest absolute Gasteiger partial charge is 0.244 e. The number of hydrogen-bond donors (Lipinski definition) is 2. The first-order valence-corrected chi connectivity index (χ1v) is 8.74. The predicted octanol–water partition coefficient (Wildman–Crippen LogP) is 2.04. The second kappa shape index (κ2) is 6.77. The van der Waals surface area contributed by atoms with Crippen molar-refractivity contribution in [3.05, 3.63) is 23.8 Å². The molecule has 21 heavy (non-hydrogen) atoms. The SMILES string of the molecule is COc1ccc(CO)cc1S(=O)(=O)NC1CCC(C)CC1. The minimum Gasteiger partial charge on any atom is -0.495 e. The Labute approximate surface area is 126 Å². The topological polar surface area (TPSA) is 75.6 Å². The number of rotatable bonds is 5. The van der Waals surface area contributed by atoms with E-state index in [1.54, 1.807) is 12.1 Å². The van der Waals surface area contributed by atoms with Gasteiger partial charge in [0, 0.05) is 6.04 Å². The van der Waals surface area contributed by atoms with Gasteiger partial charge in [-0.05, 0) is 49.3 Å². The molecule has 2 N–H and O–H groups in total. The molecule has 0 amide bonds. The molecule has 2 rings (SSSR count). The molecule has 0 spiro atoms. The highest BCUT2D eigenvalue weighted by Crippen LogP contribution is 2.28. The zero-order valence-electron chi connectivity index (χ0n) is 12.5. The average molecular weight is 313 g/mol. The van der Waals surface area contributed by atoms with Gasteiger partial charge in [0.25, 0.3) is 0 Å². The third-order valence-electron chi connectivity index (χ3n) is 4.04. The van der Waals surface area contributed by atoms with Crippen molar-refractivity contribution in [2.24, 2.45) is 5.92 Å². The van der Waals surface area contributed by atoms with E-state index in [1.165, 1.54) is 13.2 Å². The molecule has 5 nitrogen and oxygen atoms in total. The minimum atomic E-state index is -3.64. The fourth-order valence-corrected chi connectivity index (χ4v) is 4.21. The van der Waals surface area contributed by atoms with Gasteiger partial charge in [-0.15, -0.1) is 0 Å². The second-order valence-corrected chi connectivity index (χ2v) is 7.40. The van der Waals surface area contributed by atoms with Crippen LogP contribution in [0.1, 0.15) is 38.2 Å². The Bertz CT molecular complexity index is 577. The lowest BCUT2D eigenvalue weighted by atomic mass is 9.88. The molecule has 1 fully saturated rings. The van der Waals surface area contributed by atoms with E-state index in [9.17, 15) is 13.5 Å². The first-order chi connectivity index (χ1) is 9.96. The summed E-state index contributed by atoms with van der Waals surface area (Å²) in [7, 11) is -2.20. The Balaban J connectivity index is 2.22. The number of nitrogens with one attached hydrogen (secondary N) is 1. The van der Waals surface area contributed by atoms with Gasteiger partial charge in [-0.3, -0.25) is 0 Å². The molecule has 1 aromatic carbocycles. The molecular formula is C15H23NO4S. The van der Waals surface area contributed by atoms with E-state index in [0.29, 0.717) is 17.2 Å². The van der Waals surface area contributed by atoms with Crippen molar-refractivity contribution < 1.29 is 18.3 Å². The van der Waals surface area contributed by atoms with Crippen molar-refractivity contribution in [1.29, 1.82) is 0 Å². The van der Waals surface area contributed by atoms with Crippen molar-refractivity contribution in [1.82, 2.24) is 4.72 Å². The molecule has 1 aromatic rings. The van der Waals surface area contributed by atoms with E-state index >= 15 is 0 Å². The number of hydrogen-bond acceptors (Lipinski definition) is 4. The van der Waals surface area contributed by atoms with Crippen LogP contribution in [0.25, 0.3) is 0 Å². The van der Waals surface area contributed by atoms with Crippen LogP contribution in [-0.2, 0) is 16.6 Å². The highest BCUT2D eigenvalue weighted by Gasteiger charge is 2.26. The van der Waals surface area contributed by atoms with Crippen molar-refractivity contribution in [2.75, 3.05) is 7.11 Å². The molecule has 118 valence electrons. The summed E-state index contributed by atoms with van der Waals surface area (Å²) in [5.74, 6) is 0.960. The fraction of sp³-hybridized carbons (Fsp3) is 0.600. The number of aliphatic hydroxyl groups excluding tert-OH is 1. The van der Waals surface area contributed by atoms with Crippen LogP contribution < -0.4 is 9.46 Å². The summed E-state index contributed by atoms with van der Waals surface area (Å²) >= 11 is 0. The van der Waals surface area contributed by atoms with Crippen molar-refractivity contribution in [2.45, 2.75) is 50.2 Å². The maximum absolute atomic E-state index is 12.6. The molecule has 0 saturated heterocycles. The molecule has 0 radical (unpaired) electrons. The van der Waals surface area contributed by atoms with Gasteiger partial charge < -0.3 is 9.84 Å². The van der Waals surface area contributed by atoms with Crippen molar-refractivity contribution in [3.63, 3.8) is 0 Å². The number of aliphatic hydroxyl groups is 1. The van der Waals surface area contributed by atoms with Gasteiger partial charge in [0.05, 0.1) is 13.7 Å². The Morgan fingerprint density at radius 1 is 1.29 bits per heavy atom. The van der Waals surface area contributed by atoms with Gasteiger partial charge in [-0.25, -0.2) is 13.1 Å². The van der Waals surface area contributed by atoms with E-state index < -0.39 is 10.0 Å². The minimum absolute atomic E-state index is 0.0197. The van der Waals surface area contributed by atoms with Crippen molar-refractivity contribution in [3.8, 4) is 5.75 Å². The molecule has 0 aliphatic heterocycles.